The number of nitrogens with one attached hydrogen (secondary N) is 1. The standard InChI is InChI=1S/C22H25N3O2S/c1-16(18-7-5-4-6-8-18)15-24-21(26)17(2)28-22-23-13-14-25(22)19-9-11-20(27-3)12-10-19/h4-14,16-17H,15H2,1-3H3,(H,24,26). The van der Waals surface area contributed by atoms with E-state index < -0.39 is 0 Å². The summed E-state index contributed by atoms with van der Waals surface area (Å²) < 4.78 is 7.18. The van der Waals surface area contributed by atoms with Crippen LogP contribution in [0.25, 0.3) is 5.69 Å². The number of methoxy groups -OCH3 is 1. The molecule has 1 N–H and O–H groups in total. The Morgan fingerprint density at radius 3 is 2.54 bits per heavy atom. The second-order valence-electron chi connectivity index (χ2n) is 6.59. The Kier molecular flexibility index (Phi) is 6.76. The van der Waals surface area contributed by atoms with E-state index in [0.717, 1.165) is 16.6 Å². The molecular formula is C22H25N3O2S. The van der Waals surface area contributed by atoms with Gasteiger partial charge in [-0.05, 0) is 42.7 Å². The summed E-state index contributed by atoms with van der Waals surface area (Å²) in [5, 5.41) is 3.59. The Morgan fingerprint density at radius 1 is 1.14 bits per heavy atom. The molecule has 0 radical (unpaired) electrons. The maximum atomic E-state index is 12.6. The van der Waals surface area contributed by atoms with Gasteiger partial charge in [0, 0.05) is 24.6 Å². The second-order valence-corrected chi connectivity index (χ2v) is 7.90. The van der Waals surface area contributed by atoms with E-state index in [1.165, 1.54) is 17.3 Å². The van der Waals surface area contributed by atoms with Gasteiger partial charge in [-0.15, -0.1) is 0 Å². The van der Waals surface area contributed by atoms with Crippen LogP contribution in [-0.2, 0) is 4.79 Å². The lowest BCUT2D eigenvalue weighted by atomic mass is 10.0. The van der Waals surface area contributed by atoms with Crippen molar-refractivity contribution in [1.29, 1.82) is 0 Å². The molecule has 28 heavy (non-hydrogen) atoms. The lowest BCUT2D eigenvalue weighted by Gasteiger charge is -2.16. The van der Waals surface area contributed by atoms with Gasteiger partial charge < -0.3 is 10.1 Å². The molecule has 5 nitrogen and oxygen atoms in total. The summed E-state index contributed by atoms with van der Waals surface area (Å²) in [5.74, 6) is 1.08. The normalized spacial score (nSPS) is 13.0. The van der Waals surface area contributed by atoms with Crippen molar-refractivity contribution in [1.82, 2.24) is 14.9 Å². The number of hydrogen-bond donors (Lipinski definition) is 1. The monoisotopic (exact) mass is 395 g/mol. The highest BCUT2D eigenvalue weighted by atomic mass is 32.2. The smallest absolute Gasteiger partial charge is 0.233 e. The van der Waals surface area contributed by atoms with Crippen molar-refractivity contribution in [2.45, 2.75) is 30.2 Å². The molecule has 1 aromatic heterocycles. The Morgan fingerprint density at radius 2 is 1.86 bits per heavy atom. The van der Waals surface area contributed by atoms with Crippen LogP contribution in [0.15, 0.2) is 72.1 Å². The van der Waals surface area contributed by atoms with Crippen LogP contribution in [0, 0.1) is 0 Å². The number of carbonyl (C=O) groups excluding carboxylic acids is 1. The molecule has 0 saturated carbocycles. The minimum absolute atomic E-state index is 0.0112. The summed E-state index contributed by atoms with van der Waals surface area (Å²) in [7, 11) is 1.65. The average molecular weight is 396 g/mol. The maximum Gasteiger partial charge on any atom is 0.233 e. The number of benzene rings is 2. The summed E-state index contributed by atoms with van der Waals surface area (Å²) in [5.41, 5.74) is 2.20. The largest absolute Gasteiger partial charge is 0.497 e. The molecule has 146 valence electrons. The van der Waals surface area contributed by atoms with E-state index in [-0.39, 0.29) is 17.1 Å². The summed E-state index contributed by atoms with van der Waals surface area (Å²) >= 11 is 1.45. The van der Waals surface area contributed by atoms with Gasteiger partial charge in [-0.25, -0.2) is 4.98 Å². The van der Waals surface area contributed by atoms with Crippen LogP contribution in [0.1, 0.15) is 25.3 Å². The first-order valence-corrected chi connectivity index (χ1v) is 10.1. The molecule has 0 spiro atoms. The molecule has 3 rings (SSSR count). The van der Waals surface area contributed by atoms with Crippen LogP contribution in [-0.4, -0.2) is 34.4 Å². The van der Waals surface area contributed by atoms with Gasteiger partial charge in [-0.3, -0.25) is 9.36 Å². The second kappa shape index (κ2) is 9.46. The zero-order valence-corrected chi connectivity index (χ0v) is 17.1. The fourth-order valence-electron chi connectivity index (χ4n) is 2.82. The van der Waals surface area contributed by atoms with E-state index in [9.17, 15) is 4.79 Å². The van der Waals surface area contributed by atoms with Crippen molar-refractivity contribution >= 4 is 17.7 Å². The molecule has 0 fully saturated rings. The molecule has 1 amide bonds. The van der Waals surface area contributed by atoms with E-state index in [1.54, 1.807) is 13.3 Å². The lowest BCUT2D eigenvalue weighted by molar-refractivity contribution is -0.120. The average Bonchev–Trinajstić information content (AvgIpc) is 3.20. The Bertz CT molecular complexity index is 894. The number of imidazole rings is 1. The first kappa shape index (κ1) is 20.0. The number of hydrogen-bond acceptors (Lipinski definition) is 4. The molecule has 3 aromatic rings. The van der Waals surface area contributed by atoms with E-state index in [2.05, 4.69) is 29.4 Å². The number of nitrogens with zero attached hydrogens (tertiary/aromatic N) is 2. The summed E-state index contributed by atoms with van der Waals surface area (Å²) in [6.07, 6.45) is 3.64. The van der Waals surface area contributed by atoms with Crippen molar-refractivity contribution in [2.75, 3.05) is 13.7 Å². The lowest BCUT2D eigenvalue weighted by Crippen LogP contribution is -2.33. The number of carbonyl (C=O) groups is 1. The van der Waals surface area contributed by atoms with Crippen molar-refractivity contribution in [2.24, 2.45) is 0 Å². The van der Waals surface area contributed by atoms with Crippen LogP contribution < -0.4 is 10.1 Å². The van der Waals surface area contributed by atoms with E-state index in [4.69, 9.17) is 4.74 Å². The third-order valence-electron chi connectivity index (χ3n) is 4.56. The number of aromatic nitrogens is 2. The minimum atomic E-state index is -0.248. The van der Waals surface area contributed by atoms with Crippen molar-refractivity contribution < 1.29 is 9.53 Å². The Labute approximate surface area is 170 Å². The molecule has 2 atom stereocenters. The molecule has 0 saturated heterocycles. The van der Waals surface area contributed by atoms with Crippen LogP contribution in [0.2, 0.25) is 0 Å². The summed E-state index contributed by atoms with van der Waals surface area (Å²) in [4.78, 5) is 17.0. The highest BCUT2D eigenvalue weighted by molar-refractivity contribution is 8.00. The van der Waals surface area contributed by atoms with Gasteiger partial charge in [0.05, 0.1) is 12.4 Å². The van der Waals surface area contributed by atoms with Gasteiger partial charge in [0.15, 0.2) is 5.16 Å². The molecule has 2 unspecified atom stereocenters. The molecule has 0 aliphatic heterocycles. The van der Waals surface area contributed by atoms with Gasteiger partial charge in [0.25, 0.3) is 0 Å². The predicted molar refractivity (Wildman–Crippen MR) is 113 cm³/mol. The number of thioether (sulfide) groups is 1. The van der Waals surface area contributed by atoms with Crippen LogP contribution in [0.4, 0.5) is 0 Å². The first-order valence-electron chi connectivity index (χ1n) is 9.25. The molecule has 0 aliphatic rings. The van der Waals surface area contributed by atoms with Crippen molar-refractivity contribution in [3.8, 4) is 11.4 Å². The Hall–Kier alpha value is -2.73. The molecule has 2 aromatic carbocycles. The van der Waals surface area contributed by atoms with Gasteiger partial charge in [0.1, 0.15) is 5.75 Å². The zero-order valence-electron chi connectivity index (χ0n) is 16.3. The van der Waals surface area contributed by atoms with Crippen LogP contribution in [0.5, 0.6) is 5.75 Å². The van der Waals surface area contributed by atoms with Crippen LogP contribution in [0.3, 0.4) is 0 Å². The molecule has 1 heterocycles. The van der Waals surface area contributed by atoms with Gasteiger partial charge in [0.2, 0.25) is 5.91 Å². The first-order chi connectivity index (χ1) is 13.6. The van der Waals surface area contributed by atoms with E-state index in [0.29, 0.717) is 6.54 Å². The number of amides is 1. The highest BCUT2D eigenvalue weighted by Gasteiger charge is 2.18. The quantitative estimate of drug-likeness (QED) is 0.579. The topological polar surface area (TPSA) is 56.2 Å². The molecular weight excluding hydrogens is 370 g/mol. The van der Waals surface area contributed by atoms with Gasteiger partial charge in [-0.2, -0.15) is 0 Å². The van der Waals surface area contributed by atoms with E-state index >= 15 is 0 Å². The number of rotatable bonds is 8. The van der Waals surface area contributed by atoms with Crippen molar-refractivity contribution in [3.63, 3.8) is 0 Å². The van der Waals surface area contributed by atoms with Crippen molar-refractivity contribution in [3.05, 3.63) is 72.6 Å². The Balaban J connectivity index is 1.59. The fourth-order valence-corrected chi connectivity index (χ4v) is 3.73. The maximum absolute atomic E-state index is 12.6. The predicted octanol–water partition coefficient (Wildman–Crippen LogP) is 4.28. The molecule has 0 aliphatic carbocycles. The van der Waals surface area contributed by atoms with Gasteiger partial charge in [-0.1, -0.05) is 49.0 Å². The van der Waals surface area contributed by atoms with Crippen LogP contribution >= 0.6 is 11.8 Å². The SMILES string of the molecule is COc1ccc(-n2ccnc2SC(C)C(=O)NCC(C)c2ccccc2)cc1. The minimum Gasteiger partial charge on any atom is -0.497 e. The zero-order chi connectivity index (χ0) is 19.9. The molecule has 6 heteroatoms. The fraction of sp³-hybridized carbons (Fsp3) is 0.273. The number of ether oxygens (including phenoxy) is 1. The van der Waals surface area contributed by atoms with Gasteiger partial charge >= 0.3 is 0 Å². The van der Waals surface area contributed by atoms with E-state index in [1.807, 2.05) is 60.2 Å². The summed E-state index contributed by atoms with van der Waals surface area (Å²) in [6.45, 7) is 4.63. The highest BCUT2D eigenvalue weighted by Crippen LogP contribution is 2.25. The third-order valence-corrected chi connectivity index (χ3v) is 5.64. The third kappa shape index (κ3) is 4.95. The molecule has 0 bridgehead atoms. The summed E-state index contributed by atoms with van der Waals surface area (Å²) in [6, 6.07) is 18.0.